The van der Waals surface area contributed by atoms with Crippen LogP contribution in [0.15, 0.2) is 47.6 Å². The van der Waals surface area contributed by atoms with Crippen LogP contribution in [0.25, 0.3) is 11.4 Å². The van der Waals surface area contributed by atoms with Crippen molar-refractivity contribution < 1.29 is 19.1 Å². The van der Waals surface area contributed by atoms with E-state index in [1.165, 1.54) is 44.0 Å². The van der Waals surface area contributed by atoms with Crippen LogP contribution in [0, 0.1) is 0 Å². The molecule has 0 saturated heterocycles. The Morgan fingerprint density at radius 3 is 2.61 bits per heavy atom. The number of aromatic nitrogens is 3. The smallest absolute Gasteiger partial charge is 0.337 e. The van der Waals surface area contributed by atoms with Crippen LogP contribution in [0.5, 0.6) is 0 Å². The van der Waals surface area contributed by atoms with Gasteiger partial charge in [0.2, 0.25) is 11.8 Å². The first-order valence-electron chi connectivity index (χ1n) is 9.94. The van der Waals surface area contributed by atoms with E-state index in [0.29, 0.717) is 33.9 Å². The maximum absolute atomic E-state index is 12.5. The molecule has 0 aliphatic rings. The van der Waals surface area contributed by atoms with E-state index in [1.54, 1.807) is 6.07 Å². The number of hydrogen-bond donors (Lipinski definition) is 2. The Bertz CT molecular complexity index is 1200. The first kappa shape index (κ1) is 24.3. The van der Waals surface area contributed by atoms with Crippen molar-refractivity contribution in [2.75, 3.05) is 23.5 Å². The fraction of sp³-hybridized carbons (Fsp3) is 0.227. The molecule has 0 bridgehead atoms. The molecule has 0 aliphatic heterocycles. The van der Waals surface area contributed by atoms with E-state index in [2.05, 4.69) is 20.8 Å². The number of nitrogens with zero attached hydrogens (tertiary/aromatic N) is 3. The Hall–Kier alpha value is -3.37. The highest BCUT2D eigenvalue weighted by atomic mass is 35.5. The molecular formula is C22H22ClN5O4S. The van der Waals surface area contributed by atoms with Gasteiger partial charge in [0.1, 0.15) is 0 Å². The number of rotatable bonds is 8. The third-order valence-corrected chi connectivity index (χ3v) is 5.76. The summed E-state index contributed by atoms with van der Waals surface area (Å²) in [6.07, 6.45) is 0. The fourth-order valence-corrected chi connectivity index (χ4v) is 3.98. The second kappa shape index (κ2) is 11.0. The summed E-state index contributed by atoms with van der Waals surface area (Å²) in [4.78, 5) is 35.6. The number of ether oxygens (including phenoxy) is 1. The van der Waals surface area contributed by atoms with Crippen LogP contribution in [0.1, 0.15) is 24.2 Å². The molecule has 3 rings (SSSR count). The topological polar surface area (TPSA) is 115 Å². The van der Waals surface area contributed by atoms with Crippen molar-refractivity contribution in [2.45, 2.75) is 25.5 Å². The molecule has 2 amide bonds. The lowest BCUT2D eigenvalue weighted by Crippen LogP contribution is -2.15. The van der Waals surface area contributed by atoms with Gasteiger partial charge >= 0.3 is 5.97 Å². The zero-order valence-electron chi connectivity index (χ0n) is 18.2. The van der Waals surface area contributed by atoms with Crippen LogP contribution in [0.2, 0.25) is 5.02 Å². The van der Waals surface area contributed by atoms with Crippen molar-refractivity contribution in [3.05, 3.63) is 53.1 Å². The van der Waals surface area contributed by atoms with E-state index >= 15 is 0 Å². The molecular weight excluding hydrogens is 466 g/mol. The van der Waals surface area contributed by atoms with Crippen LogP contribution >= 0.6 is 23.4 Å². The molecule has 0 unspecified atom stereocenters. The van der Waals surface area contributed by atoms with Gasteiger partial charge in [-0.25, -0.2) is 4.79 Å². The molecule has 2 N–H and O–H groups in total. The number of anilines is 2. The van der Waals surface area contributed by atoms with E-state index in [-0.39, 0.29) is 23.1 Å². The van der Waals surface area contributed by atoms with Crippen LogP contribution in [-0.4, -0.2) is 45.4 Å². The third-order valence-electron chi connectivity index (χ3n) is 4.47. The molecule has 1 aromatic heterocycles. The van der Waals surface area contributed by atoms with Crippen molar-refractivity contribution in [2.24, 2.45) is 0 Å². The predicted molar refractivity (Wildman–Crippen MR) is 128 cm³/mol. The highest BCUT2D eigenvalue weighted by Gasteiger charge is 2.16. The predicted octanol–water partition coefficient (Wildman–Crippen LogP) is 4.09. The molecule has 172 valence electrons. The molecule has 0 radical (unpaired) electrons. The molecule has 0 saturated carbocycles. The molecule has 3 aromatic rings. The summed E-state index contributed by atoms with van der Waals surface area (Å²) in [5, 5.41) is 14.8. The number of nitrogens with one attached hydrogen (secondary N) is 2. The molecule has 9 nitrogen and oxygen atoms in total. The normalized spacial score (nSPS) is 10.5. The summed E-state index contributed by atoms with van der Waals surface area (Å²) in [5.41, 5.74) is 2.04. The lowest BCUT2D eigenvalue weighted by Gasteiger charge is -2.10. The van der Waals surface area contributed by atoms with Crippen LogP contribution in [0.4, 0.5) is 11.4 Å². The van der Waals surface area contributed by atoms with Gasteiger partial charge in [-0.2, -0.15) is 0 Å². The van der Waals surface area contributed by atoms with Crippen LogP contribution in [0.3, 0.4) is 0 Å². The Balaban J connectivity index is 1.72. The first-order valence-corrected chi connectivity index (χ1v) is 11.3. The van der Waals surface area contributed by atoms with Gasteiger partial charge in [-0.1, -0.05) is 35.5 Å². The largest absolute Gasteiger partial charge is 0.465 e. The monoisotopic (exact) mass is 487 g/mol. The summed E-state index contributed by atoms with van der Waals surface area (Å²) >= 11 is 7.37. The fourth-order valence-electron chi connectivity index (χ4n) is 3.02. The second-order valence-corrected chi connectivity index (χ2v) is 8.19. The average molecular weight is 488 g/mol. The quantitative estimate of drug-likeness (QED) is 0.363. The summed E-state index contributed by atoms with van der Waals surface area (Å²) in [7, 11) is 1.28. The van der Waals surface area contributed by atoms with Gasteiger partial charge in [0.05, 0.1) is 29.1 Å². The lowest BCUT2D eigenvalue weighted by atomic mass is 10.2. The highest BCUT2D eigenvalue weighted by Crippen LogP contribution is 2.27. The van der Waals surface area contributed by atoms with Crippen molar-refractivity contribution in [1.29, 1.82) is 0 Å². The van der Waals surface area contributed by atoms with E-state index in [4.69, 9.17) is 16.3 Å². The minimum absolute atomic E-state index is 0.0584. The molecule has 0 atom stereocenters. The SMILES string of the molecule is CCn1c(SCC(=O)Nc2cc(C(=O)OC)ccc2Cl)nnc1-c1cccc(NC(C)=O)c1. The number of carbonyl (C=O) groups is 3. The summed E-state index contributed by atoms with van der Waals surface area (Å²) in [6.45, 7) is 3.98. The Kier molecular flexibility index (Phi) is 8.07. The van der Waals surface area contributed by atoms with E-state index in [0.717, 1.165) is 5.56 Å². The molecule has 0 fully saturated rings. The molecule has 11 heteroatoms. The maximum Gasteiger partial charge on any atom is 0.337 e. The van der Waals surface area contributed by atoms with Gasteiger partial charge in [0.25, 0.3) is 0 Å². The summed E-state index contributed by atoms with van der Waals surface area (Å²) in [6, 6.07) is 11.8. The lowest BCUT2D eigenvalue weighted by molar-refractivity contribution is -0.114. The number of halogens is 1. The van der Waals surface area contributed by atoms with Crippen molar-refractivity contribution in [3.8, 4) is 11.4 Å². The van der Waals surface area contributed by atoms with E-state index in [1.807, 2.05) is 29.7 Å². The standard InChI is InChI=1S/C22H22ClN5O4S/c1-4-28-20(14-6-5-7-16(10-14)24-13(2)29)26-27-22(28)33-12-19(30)25-18-11-15(21(31)32-3)8-9-17(18)23/h5-11H,4,12H2,1-3H3,(H,24,29)(H,25,30). The van der Waals surface area contributed by atoms with Gasteiger partial charge in [0, 0.05) is 24.7 Å². The first-order chi connectivity index (χ1) is 15.8. The Labute approximate surface area is 199 Å². The second-order valence-electron chi connectivity index (χ2n) is 6.84. The minimum Gasteiger partial charge on any atom is -0.465 e. The molecule has 0 spiro atoms. The van der Waals surface area contributed by atoms with Crippen molar-refractivity contribution in [3.63, 3.8) is 0 Å². The molecule has 33 heavy (non-hydrogen) atoms. The maximum atomic E-state index is 12.5. The third kappa shape index (κ3) is 6.11. The molecule has 0 aliphatic carbocycles. The Morgan fingerprint density at radius 1 is 1.12 bits per heavy atom. The minimum atomic E-state index is -0.525. The summed E-state index contributed by atoms with van der Waals surface area (Å²) < 4.78 is 6.58. The number of hydrogen-bond acceptors (Lipinski definition) is 7. The average Bonchev–Trinajstić information content (AvgIpc) is 3.21. The number of esters is 1. The zero-order chi connectivity index (χ0) is 24.0. The van der Waals surface area contributed by atoms with Gasteiger partial charge in [-0.05, 0) is 37.3 Å². The van der Waals surface area contributed by atoms with E-state index in [9.17, 15) is 14.4 Å². The number of benzene rings is 2. The Morgan fingerprint density at radius 2 is 1.91 bits per heavy atom. The highest BCUT2D eigenvalue weighted by molar-refractivity contribution is 7.99. The van der Waals surface area contributed by atoms with Crippen LogP contribution in [-0.2, 0) is 20.9 Å². The van der Waals surface area contributed by atoms with Gasteiger partial charge in [-0.15, -0.1) is 10.2 Å². The number of carbonyl (C=O) groups excluding carboxylic acids is 3. The number of amides is 2. The van der Waals surface area contributed by atoms with Crippen molar-refractivity contribution in [1.82, 2.24) is 14.8 Å². The summed E-state index contributed by atoms with van der Waals surface area (Å²) in [5.74, 6) is -0.320. The molecule has 1 heterocycles. The van der Waals surface area contributed by atoms with Gasteiger partial charge in [0.15, 0.2) is 11.0 Å². The molecule has 2 aromatic carbocycles. The van der Waals surface area contributed by atoms with Gasteiger partial charge in [-0.3, -0.25) is 9.59 Å². The van der Waals surface area contributed by atoms with Crippen LogP contribution < -0.4 is 10.6 Å². The van der Waals surface area contributed by atoms with E-state index < -0.39 is 5.97 Å². The zero-order valence-corrected chi connectivity index (χ0v) is 19.8. The number of thioether (sulfide) groups is 1. The van der Waals surface area contributed by atoms with Gasteiger partial charge < -0.3 is 19.9 Å². The number of methoxy groups -OCH3 is 1. The van der Waals surface area contributed by atoms with Crippen molar-refractivity contribution >= 4 is 52.5 Å².